The number of epoxide rings is 1. The summed E-state index contributed by atoms with van der Waals surface area (Å²) in [5.41, 5.74) is 0. The van der Waals surface area contributed by atoms with Crippen molar-refractivity contribution in [2.75, 3.05) is 13.2 Å². The van der Waals surface area contributed by atoms with Gasteiger partial charge in [-0.05, 0) is 19.3 Å². The minimum absolute atomic E-state index is 0.109. The molecule has 3 fully saturated rings. The molecule has 96 valence electrons. The van der Waals surface area contributed by atoms with Crippen molar-refractivity contribution in [3.8, 4) is 0 Å². The molecule has 1 saturated carbocycles. The number of hydrogen-bond acceptors (Lipinski definition) is 5. The van der Waals surface area contributed by atoms with Crippen molar-refractivity contribution < 1.29 is 23.7 Å². The van der Waals surface area contributed by atoms with E-state index in [0.29, 0.717) is 31.3 Å². The molecule has 0 bridgehead atoms. The topological polar surface area (TPSA) is 57.3 Å². The number of esters is 1. The molecule has 2 aliphatic heterocycles. The number of rotatable bonds is 3. The molecular weight excluding hydrogens is 224 g/mol. The molecule has 5 nitrogen and oxygen atoms in total. The van der Waals surface area contributed by atoms with Crippen molar-refractivity contribution in [2.24, 2.45) is 5.92 Å². The Hall–Kier alpha value is -0.650. The Bertz CT molecular complexity index is 305. The summed E-state index contributed by atoms with van der Waals surface area (Å²) in [6, 6.07) is 0. The van der Waals surface area contributed by atoms with Crippen LogP contribution in [0.3, 0.4) is 0 Å². The minimum atomic E-state index is -0.274. The van der Waals surface area contributed by atoms with Crippen LogP contribution in [0.15, 0.2) is 0 Å². The van der Waals surface area contributed by atoms with Gasteiger partial charge in [-0.2, -0.15) is 0 Å². The Balaban J connectivity index is 1.45. The maximum absolute atomic E-state index is 10.7. The lowest BCUT2D eigenvalue weighted by Gasteiger charge is -2.24. The molecule has 0 radical (unpaired) electrons. The molecule has 0 N–H and O–H groups in total. The van der Waals surface area contributed by atoms with E-state index in [1.165, 1.54) is 6.92 Å². The first-order valence-electron chi connectivity index (χ1n) is 6.28. The zero-order chi connectivity index (χ0) is 11.8. The predicted molar refractivity (Wildman–Crippen MR) is 57.2 cm³/mol. The molecule has 3 aliphatic rings. The highest BCUT2D eigenvalue weighted by Gasteiger charge is 2.47. The molecule has 5 atom stereocenters. The van der Waals surface area contributed by atoms with Crippen LogP contribution in [0.1, 0.15) is 26.2 Å². The van der Waals surface area contributed by atoms with Crippen molar-refractivity contribution in [3.63, 3.8) is 0 Å². The second-order valence-electron chi connectivity index (χ2n) is 5.05. The molecule has 2 heterocycles. The standard InChI is InChI=1S/C12H18O5/c1-7(13)14-5-9-6-15-12(16-9)8-2-3-10-11(4-8)17-10/h8-12H,2-6H2,1H3. The zero-order valence-corrected chi connectivity index (χ0v) is 9.96. The van der Waals surface area contributed by atoms with Gasteiger partial charge in [-0.25, -0.2) is 0 Å². The Morgan fingerprint density at radius 1 is 1.29 bits per heavy atom. The summed E-state index contributed by atoms with van der Waals surface area (Å²) in [6.07, 6.45) is 3.95. The largest absolute Gasteiger partial charge is 0.463 e. The monoisotopic (exact) mass is 242 g/mol. The van der Waals surface area contributed by atoms with Gasteiger partial charge in [0.1, 0.15) is 12.7 Å². The molecule has 2 saturated heterocycles. The van der Waals surface area contributed by atoms with Crippen LogP contribution >= 0.6 is 0 Å². The highest BCUT2D eigenvalue weighted by Crippen LogP contribution is 2.42. The Kier molecular flexibility index (Phi) is 3.06. The zero-order valence-electron chi connectivity index (χ0n) is 9.96. The van der Waals surface area contributed by atoms with Crippen LogP contribution in [0.5, 0.6) is 0 Å². The van der Waals surface area contributed by atoms with Crippen molar-refractivity contribution in [1.82, 2.24) is 0 Å². The van der Waals surface area contributed by atoms with E-state index in [1.807, 2.05) is 0 Å². The van der Waals surface area contributed by atoms with Gasteiger partial charge in [-0.15, -0.1) is 0 Å². The Morgan fingerprint density at radius 2 is 2.18 bits per heavy atom. The van der Waals surface area contributed by atoms with Crippen LogP contribution in [0.4, 0.5) is 0 Å². The van der Waals surface area contributed by atoms with E-state index < -0.39 is 0 Å². The van der Waals surface area contributed by atoms with Crippen molar-refractivity contribution in [3.05, 3.63) is 0 Å². The van der Waals surface area contributed by atoms with Gasteiger partial charge in [0.2, 0.25) is 0 Å². The number of hydrogen-bond donors (Lipinski definition) is 0. The predicted octanol–water partition coefficient (Wildman–Crippen LogP) is 0.858. The van der Waals surface area contributed by atoms with Crippen LogP contribution in [0, 0.1) is 5.92 Å². The second-order valence-corrected chi connectivity index (χ2v) is 5.05. The molecule has 0 spiro atoms. The third-order valence-corrected chi connectivity index (χ3v) is 3.68. The maximum Gasteiger partial charge on any atom is 0.302 e. The van der Waals surface area contributed by atoms with E-state index in [1.54, 1.807) is 0 Å². The van der Waals surface area contributed by atoms with Crippen molar-refractivity contribution in [2.45, 2.75) is 50.8 Å². The quantitative estimate of drug-likeness (QED) is 0.542. The minimum Gasteiger partial charge on any atom is -0.463 e. The van der Waals surface area contributed by atoms with E-state index in [0.717, 1.165) is 19.3 Å². The van der Waals surface area contributed by atoms with E-state index in [4.69, 9.17) is 18.9 Å². The van der Waals surface area contributed by atoms with E-state index in [-0.39, 0.29) is 18.4 Å². The molecule has 5 heteroatoms. The molecule has 1 aliphatic carbocycles. The number of ether oxygens (including phenoxy) is 4. The normalized spacial score (nSPS) is 44.2. The van der Waals surface area contributed by atoms with Gasteiger partial charge in [0.25, 0.3) is 0 Å². The Labute approximate surface area is 100 Å². The summed E-state index contributed by atoms with van der Waals surface area (Å²) in [4.78, 5) is 10.7. The molecule has 5 unspecified atom stereocenters. The van der Waals surface area contributed by atoms with Gasteiger partial charge in [-0.1, -0.05) is 0 Å². The van der Waals surface area contributed by atoms with Gasteiger partial charge >= 0.3 is 5.97 Å². The molecule has 3 rings (SSSR count). The van der Waals surface area contributed by atoms with Gasteiger partial charge in [0.05, 0.1) is 18.8 Å². The number of fused-ring (bicyclic) bond motifs is 1. The highest BCUT2D eigenvalue weighted by atomic mass is 16.7. The summed E-state index contributed by atoms with van der Waals surface area (Å²) in [5, 5.41) is 0. The number of carbonyl (C=O) groups is 1. The fourth-order valence-electron chi connectivity index (χ4n) is 2.70. The summed E-state index contributed by atoms with van der Waals surface area (Å²) in [5.74, 6) is 0.157. The lowest BCUT2D eigenvalue weighted by molar-refractivity contribution is -0.147. The van der Waals surface area contributed by atoms with E-state index in [9.17, 15) is 4.79 Å². The molecular formula is C12H18O5. The summed E-state index contributed by atoms with van der Waals surface area (Å²) < 4.78 is 21.8. The second kappa shape index (κ2) is 4.55. The SMILES string of the molecule is CC(=O)OCC1COC(C2CCC3OC3C2)O1. The average Bonchev–Trinajstić information content (AvgIpc) is 2.93. The lowest BCUT2D eigenvalue weighted by Crippen LogP contribution is -2.28. The first-order chi connectivity index (χ1) is 8.22. The average molecular weight is 242 g/mol. The molecule has 0 amide bonds. The lowest BCUT2D eigenvalue weighted by atomic mass is 9.89. The molecule has 0 aromatic carbocycles. The van der Waals surface area contributed by atoms with Gasteiger partial charge < -0.3 is 18.9 Å². The summed E-state index contributed by atoms with van der Waals surface area (Å²) in [7, 11) is 0. The van der Waals surface area contributed by atoms with E-state index in [2.05, 4.69) is 0 Å². The van der Waals surface area contributed by atoms with Crippen molar-refractivity contribution in [1.29, 1.82) is 0 Å². The summed E-state index contributed by atoms with van der Waals surface area (Å²) in [6.45, 7) is 2.21. The highest BCUT2D eigenvalue weighted by molar-refractivity contribution is 5.65. The number of carbonyl (C=O) groups excluding carboxylic acids is 1. The molecule has 0 aromatic heterocycles. The van der Waals surface area contributed by atoms with Crippen molar-refractivity contribution >= 4 is 5.97 Å². The van der Waals surface area contributed by atoms with Crippen LogP contribution in [0.2, 0.25) is 0 Å². The third-order valence-electron chi connectivity index (χ3n) is 3.68. The maximum atomic E-state index is 10.7. The third kappa shape index (κ3) is 2.61. The van der Waals surface area contributed by atoms with Crippen LogP contribution in [0.25, 0.3) is 0 Å². The van der Waals surface area contributed by atoms with Gasteiger partial charge in [0, 0.05) is 12.8 Å². The van der Waals surface area contributed by atoms with Crippen LogP contribution < -0.4 is 0 Å². The molecule has 0 aromatic rings. The summed E-state index contributed by atoms with van der Waals surface area (Å²) >= 11 is 0. The fraction of sp³-hybridized carbons (Fsp3) is 0.917. The van der Waals surface area contributed by atoms with Crippen LogP contribution in [-0.2, 0) is 23.7 Å². The Morgan fingerprint density at radius 3 is 2.94 bits per heavy atom. The van der Waals surface area contributed by atoms with Gasteiger partial charge in [-0.3, -0.25) is 4.79 Å². The van der Waals surface area contributed by atoms with Crippen LogP contribution in [-0.4, -0.2) is 43.8 Å². The molecule has 17 heavy (non-hydrogen) atoms. The first kappa shape index (κ1) is 11.4. The fourth-order valence-corrected chi connectivity index (χ4v) is 2.70. The smallest absolute Gasteiger partial charge is 0.302 e. The van der Waals surface area contributed by atoms with Gasteiger partial charge in [0.15, 0.2) is 6.29 Å². The first-order valence-corrected chi connectivity index (χ1v) is 6.28. The van der Waals surface area contributed by atoms with E-state index >= 15 is 0 Å².